The number of thioether (sulfide) groups is 1. The lowest BCUT2D eigenvalue weighted by Crippen LogP contribution is -2.40. The van der Waals surface area contributed by atoms with Gasteiger partial charge in [-0.3, -0.25) is 9.59 Å². The number of aromatic nitrogens is 2. The van der Waals surface area contributed by atoms with Gasteiger partial charge < -0.3 is 14.8 Å². The molecule has 1 fully saturated rings. The van der Waals surface area contributed by atoms with Crippen molar-refractivity contribution in [1.29, 1.82) is 0 Å². The second-order valence-corrected chi connectivity index (χ2v) is 8.51. The van der Waals surface area contributed by atoms with Crippen LogP contribution in [0.4, 0.5) is 0 Å². The summed E-state index contributed by atoms with van der Waals surface area (Å²) in [6, 6.07) is 7.86. The maximum atomic E-state index is 12.6. The Hall–Kier alpha value is -2.02. The van der Waals surface area contributed by atoms with Gasteiger partial charge in [0.25, 0.3) is 0 Å². The molecule has 1 aliphatic rings. The predicted octanol–water partition coefficient (Wildman–Crippen LogP) is 2.91. The van der Waals surface area contributed by atoms with Crippen molar-refractivity contribution in [3.63, 3.8) is 0 Å². The minimum Gasteiger partial charge on any atom is -0.352 e. The van der Waals surface area contributed by atoms with Gasteiger partial charge in [0, 0.05) is 19.1 Å². The Morgan fingerprint density at radius 1 is 1.33 bits per heavy atom. The monoisotopic (exact) mass is 388 g/mol. The summed E-state index contributed by atoms with van der Waals surface area (Å²) in [6.07, 6.45) is 2.27. The molecule has 0 bridgehead atoms. The number of carbonyl (C=O) groups is 2. The van der Waals surface area contributed by atoms with Crippen LogP contribution in [0.25, 0.3) is 11.0 Å². The SMILES string of the molecule is CC1CCCN(C(=O)CSc2nc3ccccc3n2CC(=O)NC(C)C)C1. The highest BCUT2D eigenvalue weighted by Gasteiger charge is 2.22. The minimum absolute atomic E-state index is 0.0498. The van der Waals surface area contributed by atoms with Crippen molar-refractivity contribution in [2.75, 3.05) is 18.8 Å². The Morgan fingerprint density at radius 2 is 2.11 bits per heavy atom. The highest BCUT2D eigenvalue weighted by molar-refractivity contribution is 7.99. The van der Waals surface area contributed by atoms with Gasteiger partial charge in [0.1, 0.15) is 6.54 Å². The number of rotatable bonds is 6. The van der Waals surface area contributed by atoms with Crippen LogP contribution in [0.1, 0.15) is 33.6 Å². The third-order valence-electron chi connectivity index (χ3n) is 4.71. The van der Waals surface area contributed by atoms with E-state index in [-0.39, 0.29) is 24.4 Å². The van der Waals surface area contributed by atoms with Gasteiger partial charge in [0.15, 0.2) is 5.16 Å². The Bertz CT molecular complexity index is 817. The Kier molecular flexibility index (Phi) is 6.42. The molecule has 1 aromatic heterocycles. The van der Waals surface area contributed by atoms with Crippen LogP contribution in [0, 0.1) is 5.92 Å². The summed E-state index contributed by atoms with van der Waals surface area (Å²) < 4.78 is 1.91. The third-order valence-corrected chi connectivity index (χ3v) is 5.67. The highest BCUT2D eigenvalue weighted by Crippen LogP contribution is 2.25. The molecular formula is C20H28N4O2S. The van der Waals surface area contributed by atoms with Gasteiger partial charge in [0.05, 0.1) is 16.8 Å². The van der Waals surface area contributed by atoms with Crippen LogP contribution in [0.2, 0.25) is 0 Å². The Balaban J connectivity index is 1.74. The fraction of sp³-hybridized carbons (Fsp3) is 0.550. The maximum absolute atomic E-state index is 12.6. The fourth-order valence-corrected chi connectivity index (χ4v) is 4.38. The number of nitrogens with one attached hydrogen (secondary N) is 1. The molecular weight excluding hydrogens is 360 g/mol. The lowest BCUT2D eigenvalue weighted by Gasteiger charge is -2.30. The highest BCUT2D eigenvalue weighted by atomic mass is 32.2. The molecule has 0 spiro atoms. The lowest BCUT2D eigenvalue weighted by atomic mass is 10.0. The molecule has 1 unspecified atom stereocenters. The number of imidazole rings is 1. The largest absolute Gasteiger partial charge is 0.352 e. The van der Waals surface area contributed by atoms with Gasteiger partial charge in [-0.15, -0.1) is 0 Å². The van der Waals surface area contributed by atoms with Crippen LogP contribution in [-0.2, 0) is 16.1 Å². The first-order valence-corrected chi connectivity index (χ1v) is 10.6. The van der Waals surface area contributed by atoms with E-state index in [1.54, 1.807) is 0 Å². The van der Waals surface area contributed by atoms with E-state index < -0.39 is 0 Å². The summed E-state index contributed by atoms with van der Waals surface area (Å²) in [6.45, 7) is 7.97. The van der Waals surface area contributed by atoms with Crippen LogP contribution < -0.4 is 5.32 Å². The fourth-order valence-electron chi connectivity index (χ4n) is 3.46. The number of likely N-dealkylation sites (tertiary alicyclic amines) is 1. The van der Waals surface area contributed by atoms with Crippen molar-refractivity contribution in [2.45, 2.75) is 51.4 Å². The molecule has 0 radical (unpaired) electrons. The molecule has 1 atom stereocenters. The second kappa shape index (κ2) is 8.78. The van der Waals surface area contributed by atoms with Crippen LogP contribution >= 0.6 is 11.8 Å². The standard InChI is InChI=1S/C20H28N4O2S/c1-14(2)21-18(25)12-24-17-9-5-4-8-16(17)22-20(24)27-13-19(26)23-10-6-7-15(3)11-23/h4-5,8-9,14-15H,6-7,10-13H2,1-3H3,(H,21,25). The first-order chi connectivity index (χ1) is 12.9. The molecule has 146 valence electrons. The van der Waals surface area contributed by atoms with E-state index in [1.807, 2.05) is 47.6 Å². The van der Waals surface area contributed by atoms with Crippen LogP contribution in [-0.4, -0.2) is 51.1 Å². The molecule has 0 saturated carbocycles. The smallest absolute Gasteiger partial charge is 0.240 e. The second-order valence-electron chi connectivity index (χ2n) is 7.57. The van der Waals surface area contributed by atoms with Crippen LogP contribution in [0.3, 0.4) is 0 Å². The molecule has 2 heterocycles. The molecule has 27 heavy (non-hydrogen) atoms. The van der Waals surface area contributed by atoms with Gasteiger partial charge in [-0.25, -0.2) is 4.98 Å². The molecule has 7 heteroatoms. The van der Waals surface area contributed by atoms with Gasteiger partial charge in [-0.1, -0.05) is 30.8 Å². The summed E-state index contributed by atoms with van der Waals surface area (Å²) in [5.41, 5.74) is 1.76. The first kappa shape index (κ1) is 19.7. The average Bonchev–Trinajstić information content (AvgIpc) is 2.96. The summed E-state index contributed by atoms with van der Waals surface area (Å²) >= 11 is 1.42. The lowest BCUT2D eigenvalue weighted by molar-refractivity contribution is -0.130. The van der Waals surface area contributed by atoms with E-state index in [4.69, 9.17) is 0 Å². The third kappa shape index (κ3) is 5.03. The number of amides is 2. The van der Waals surface area contributed by atoms with Gasteiger partial charge >= 0.3 is 0 Å². The van der Waals surface area contributed by atoms with Crippen LogP contribution in [0.5, 0.6) is 0 Å². The van der Waals surface area contributed by atoms with Gasteiger partial charge in [-0.2, -0.15) is 0 Å². The zero-order valence-corrected chi connectivity index (χ0v) is 17.1. The number of fused-ring (bicyclic) bond motifs is 1. The van der Waals surface area contributed by atoms with E-state index >= 15 is 0 Å². The molecule has 1 aromatic carbocycles. The molecule has 0 aliphatic carbocycles. The van der Waals surface area contributed by atoms with Crippen LogP contribution in [0.15, 0.2) is 29.4 Å². The van der Waals surface area contributed by atoms with E-state index in [0.29, 0.717) is 16.8 Å². The zero-order chi connectivity index (χ0) is 19.4. The summed E-state index contributed by atoms with van der Waals surface area (Å²) in [7, 11) is 0. The van der Waals surface area contributed by atoms with Gasteiger partial charge in [-0.05, 0) is 44.7 Å². The molecule has 1 N–H and O–H groups in total. The Morgan fingerprint density at radius 3 is 2.85 bits per heavy atom. The number of para-hydroxylation sites is 2. The number of hydrogen-bond acceptors (Lipinski definition) is 4. The van der Waals surface area contributed by atoms with Crippen molar-refractivity contribution in [3.05, 3.63) is 24.3 Å². The first-order valence-electron chi connectivity index (χ1n) is 9.59. The molecule has 1 saturated heterocycles. The van der Waals surface area contributed by atoms with E-state index in [9.17, 15) is 9.59 Å². The van der Waals surface area contributed by atoms with E-state index in [1.165, 1.54) is 18.2 Å². The molecule has 6 nitrogen and oxygen atoms in total. The van der Waals surface area contributed by atoms with Crippen molar-refractivity contribution in [1.82, 2.24) is 19.8 Å². The number of carbonyl (C=O) groups excluding carboxylic acids is 2. The quantitative estimate of drug-likeness (QED) is 0.773. The maximum Gasteiger partial charge on any atom is 0.240 e. The number of piperidine rings is 1. The van der Waals surface area contributed by atoms with Crippen molar-refractivity contribution >= 4 is 34.6 Å². The summed E-state index contributed by atoms with van der Waals surface area (Å²) in [5, 5.41) is 3.64. The number of benzene rings is 1. The zero-order valence-electron chi connectivity index (χ0n) is 16.3. The predicted molar refractivity (Wildman–Crippen MR) is 109 cm³/mol. The Labute approximate surface area is 164 Å². The summed E-state index contributed by atoms with van der Waals surface area (Å²) in [4.78, 5) is 31.5. The number of nitrogens with zero attached hydrogens (tertiary/aromatic N) is 3. The van der Waals surface area contributed by atoms with E-state index in [2.05, 4.69) is 17.2 Å². The van der Waals surface area contributed by atoms with Crippen molar-refractivity contribution in [3.8, 4) is 0 Å². The minimum atomic E-state index is -0.0498. The van der Waals surface area contributed by atoms with Crippen molar-refractivity contribution < 1.29 is 9.59 Å². The molecule has 1 aliphatic heterocycles. The van der Waals surface area contributed by atoms with Gasteiger partial charge in [0.2, 0.25) is 11.8 Å². The normalized spacial score (nSPS) is 17.5. The average molecular weight is 389 g/mol. The topological polar surface area (TPSA) is 67.2 Å². The molecule has 3 rings (SSSR count). The van der Waals surface area contributed by atoms with E-state index in [0.717, 1.165) is 30.5 Å². The number of hydrogen-bond donors (Lipinski definition) is 1. The summed E-state index contributed by atoms with van der Waals surface area (Å²) in [5.74, 6) is 1.02. The molecule has 2 aromatic rings. The van der Waals surface area contributed by atoms with Crippen molar-refractivity contribution in [2.24, 2.45) is 5.92 Å². The molecule has 2 amide bonds.